The van der Waals surface area contributed by atoms with Crippen LogP contribution in [0.5, 0.6) is 11.5 Å². The molecule has 1 atom stereocenters. The molecule has 10 heteroatoms. The quantitative estimate of drug-likeness (QED) is 0.237. The number of fused-ring (bicyclic) bond motifs is 1. The van der Waals surface area contributed by atoms with Crippen molar-refractivity contribution in [3.05, 3.63) is 66.2 Å². The van der Waals surface area contributed by atoms with Gasteiger partial charge in [-0.05, 0) is 41.9 Å². The van der Waals surface area contributed by atoms with Crippen molar-refractivity contribution >= 4 is 74.5 Å². The van der Waals surface area contributed by atoms with Gasteiger partial charge in [0, 0.05) is 16.6 Å². The van der Waals surface area contributed by atoms with Crippen LogP contribution in [0.4, 0.5) is 5.69 Å². The van der Waals surface area contributed by atoms with Crippen molar-refractivity contribution in [2.75, 3.05) is 19.5 Å². The molecule has 0 bridgehead atoms. The molecule has 0 unspecified atom stereocenters. The van der Waals surface area contributed by atoms with E-state index in [2.05, 4.69) is 16.0 Å². The third-order valence-corrected chi connectivity index (χ3v) is 5.44. The van der Waals surface area contributed by atoms with Crippen molar-refractivity contribution in [3.63, 3.8) is 0 Å². The number of rotatable bonds is 6. The first-order chi connectivity index (χ1) is 15.2. The van der Waals surface area contributed by atoms with Gasteiger partial charge in [0.15, 0.2) is 16.6 Å². The second kappa shape index (κ2) is 10.4. The molecular formula is C22H20Cl3N3O3S. The zero-order valence-electron chi connectivity index (χ0n) is 17.1. The van der Waals surface area contributed by atoms with Crippen LogP contribution < -0.4 is 25.4 Å². The van der Waals surface area contributed by atoms with Gasteiger partial charge in [0.1, 0.15) is 6.17 Å². The second-order valence-electron chi connectivity index (χ2n) is 6.64. The first-order valence-electron chi connectivity index (χ1n) is 9.38. The van der Waals surface area contributed by atoms with Gasteiger partial charge in [-0.25, -0.2) is 0 Å². The van der Waals surface area contributed by atoms with E-state index in [4.69, 9.17) is 56.5 Å². The number of ether oxygens (including phenoxy) is 2. The molecule has 0 spiro atoms. The van der Waals surface area contributed by atoms with Crippen molar-refractivity contribution in [1.29, 1.82) is 0 Å². The van der Waals surface area contributed by atoms with Crippen LogP contribution in [0.15, 0.2) is 60.7 Å². The normalized spacial score (nSPS) is 12.0. The number of methoxy groups -OCH3 is 2. The molecule has 168 valence electrons. The lowest BCUT2D eigenvalue weighted by atomic mass is 10.1. The lowest BCUT2D eigenvalue weighted by molar-refractivity contribution is 0.0934. The van der Waals surface area contributed by atoms with E-state index in [0.29, 0.717) is 11.5 Å². The van der Waals surface area contributed by atoms with E-state index in [-0.39, 0.29) is 10.7 Å². The molecule has 3 N–H and O–H groups in total. The van der Waals surface area contributed by atoms with Crippen molar-refractivity contribution < 1.29 is 14.3 Å². The Hall–Kier alpha value is -2.45. The SMILES string of the molecule is COc1ccc(C(=O)N[C@@H](NC(=S)Nc2cccc3ccccc23)C(Cl)(Cl)Cl)cc1OC. The van der Waals surface area contributed by atoms with Gasteiger partial charge in [-0.15, -0.1) is 0 Å². The van der Waals surface area contributed by atoms with Crippen LogP contribution in [0.3, 0.4) is 0 Å². The molecule has 0 aliphatic carbocycles. The van der Waals surface area contributed by atoms with Gasteiger partial charge in [0.05, 0.1) is 14.2 Å². The van der Waals surface area contributed by atoms with E-state index in [1.807, 2.05) is 42.5 Å². The Morgan fingerprint density at radius 1 is 0.938 bits per heavy atom. The smallest absolute Gasteiger partial charge is 0.253 e. The summed E-state index contributed by atoms with van der Waals surface area (Å²) in [5.41, 5.74) is 1.06. The molecule has 3 rings (SSSR count). The minimum absolute atomic E-state index is 0.172. The van der Waals surface area contributed by atoms with Crippen LogP contribution in [0, 0.1) is 0 Å². The average Bonchev–Trinajstić information content (AvgIpc) is 2.77. The Morgan fingerprint density at radius 3 is 2.31 bits per heavy atom. The monoisotopic (exact) mass is 511 g/mol. The van der Waals surface area contributed by atoms with Crippen molar-refractivity contribution in [2.45, 2.75) is 9.96 Å². The fourth-order valence-electron chi connectivity index (χ4n) is 3.02. The number of hydrogen-bond acceptors (Lipinski definition) is 4. The highest BCUT2D eigenvalue weighted by atomic mass is 35.6. The predicted molar refractivity (Wildman–Crippen MR) is 134 cm³/mol. The van der Waals surface area contributed by atoms with Gasteiger partial charge >= 0.3 is 0 Å². The van der Waals surface area contributed by atoms with Crippen LogP contribution in [0.1, 0.15) is 10.4 Å². The average molecular weight is 513 g/mol. The summed E-state index contributed by atoms with van der Waals surface area (Å²) in [5, 5.41) is 10.8. The summed E-state index contributed by atoms with van der Waals surface area (Å²) < 4.78 is 8.53. The highest BCUT2D eigenvalue weighted by molar-refractivity contribution is 7.80. The molecule has 0 aromatic heterocycles. The Kier molecular flexibility index (Phi) is 7.90. The third-order valence-electron chi connectivity index (χ3n) is 4.56. The summed E-state index contributed by atoms with van der Waals surface area (Å²) in [6, 6.07) is 18.3. The van der Waals surface area contributed by atoms with Gasteiger partial charge in [-0.3, -0.25) is 4.79 Å². The van der Waals surface area contributed by atoms with Gasteiger partial charge in [-0.1, -0.05) is 71.2 Å². The Bertz CT molecular complexity index is 1130. The number of carbonyl (C=O) groups is 1. The van der Waals surface area contributed by atoms with E-state index in [1.165, 1.54) is 20.3 Å². The number of nitrogens with one attached hydrogen (secondary N) is 3. The van der Waals surface area contributed by atoms with Crippen molar-refractivity contribution in [1.82, 2.24) is 10.6 Å². The zero-order valence-corrected chi connectivity index (χ0v) is 20.2. The number of hydrogen-bond donors (Lipinski definition) is 3. The number of thiocarbonyl (C=S) groups is 1. The molecule has 0 fully saturated rings. The van der Waals surface area contributed by atoms with E-state index >= 15 is 0 Å². The largest absolute Gasteiger partial charge is 0.493 e. The molecule has 0 heterocycles. The zero-order chi connectivity index (χ0) is 23.3. The highest BCUT2D eigenvalue weighted by Gasteiger charge is 2.35. The molecule has 3 aromatic carbocycles. The summed E-state index contributed by atoms with van der Waals surface area (Å²) in [4.78, 5) is 12.8. The van der Waals surface area contributed by atoms with Crippen LogP contribution in [-0.2, 0) is 0 Å². The molecule has 32 heavy (non-hydrogen) atoms. The molecule has 0 radical (unpaired) electrons. The molecule has 0 saturated carbocycles. The number of benzene rings is 3. The van der Waals surface area contributed by atoms with Crippen LogP contribution in [0.25, 0.3) is 10.8 Å². The van der Waals surface area contributed by atoms with Gasteiger partial charge in [0.2, 0.25) is 3.79 Å². The molecule has 3 aromatic rings. The number of carbonyl (C=O) groups excluding carboxylic acids is 1. The Labute approximate surface area is 206 Å². The summed E-state index contributed by atoms with van der Waals surface area (Å²) >= 11 is 23.7. The maximum atomic E-state index is 12.8. The van der Waals surface area contributed by atoms with Crippen molar-refractivity contribution in [3.8, 4) is 11.5 Å². The lowest BCUT2D eigenvalue weighted by Crippen LogP contribution is -2.56. The minimum Gasteiger partial charge on any atom is -0.493 e. The molecule has 0 saturated heterocycles. The molecule has 6 nitrogen and oxygen atoms in total. The number of amides is 1. The number of halogens is 3. The standard InChI is InChI=1S/C22H20Cl3N3O3S/c1-30-17-11-10-14(12-18(17)31-2)19(29)27-20(22(23,24)25)28-21(32)26-16-9-5-7-13-6-3-4-8-15(13)16/h3-12,20H,1-2H3,(H,27,29)(H2,26,28,32)/t20-/m0/s1. The second-order valence-corrected chi connectivity index (χ2v) is 9.42. The van der Waals surface area contributed by atoms with E-state index < -0.39 is 15.9 Å². The van der Waals surface area contributed by atoms with E-state index in [1.54, 1.807) is 12.1 Å². The topological polar surface area (TPSA) is 71.6 Å². The summed E-state index contributed by atoms with van der Waals surface area (Å²) in [6.45, 7) is 0. The first-order valence-corrected chi connectivity index (χ1v) is 10.9. The summed E-state index contributed by atoms with van der Waals surface area (Å²) in [5.74, 6) is 0.384. The van der Waals surface area contributed by atoms with Crippen LogP contribution in [0.2, 0.25) is 0 Å². The highest BCUT2D eigenvalue weighted by Crippen LogP contribution is 2.31. The van der Waals surface area contributed by atoms with Gasteiger partial charge in [0.25, 0.3) is 5.91 Å². The van der Waals surface area contributed by atoms with Gasteiger partial charge in [-0.2, -0.15) is 0 Å². The minimum atomic E-state index is -1.89. The van der Waals surface area contributed by atoms with E-state index in [0.717, 1.165) is 16.5 Å². The summed E-state index contributed by atoms with van der Waals surface area (Å²) in [7, 11) is 2.98. The maximum absolute atomic E-state index is 12.8. The molecule has 0 aliphatic rings. The molecule has 1 amide bonds. The third kappa shape index (κ3) is 5.86. The lowest BCUT2D eigenvalue weighted by Gasteiger charge is -2.28. The Morgan fingerprint density at radius 2 is 1.62 bits per heavy atom. The van der Waals surface area contributed by atoms with E-state index in [9.17, 15) is 4.79 Å². The Balaban J connectivity index is 1.75. The summed E-state index contributed by atoms with van der Waals surface area (Å²) in [6.07, 6.45) is -1.12. The maximum Gasteiger partial charge on any atom is 0.253 e. The van der Waals surface area contributed by atoms with Gasteiger partial charge < -0.3 is 25.4 Å². The van der Waals surface area contributed by atoms with Crippen molar-refractivity contribution in [2.24, 2.45) is 0 Å². The number of anilines is 1. The number of alkyl halides is 3. The fraction of sp³-hybridized carbons (Fsp3) is 0.182. The van der Waals surface area contributed by atoms with Crippen LogP contribution >= 0.6 is 47.0 Å². The first kappa shape index (κ1) is 24.2. The van der Waals surface area contributed by atoms with Crippen LogP contribution in [-0.4, -0.2) is 35.2 Å². The fourth-order valence-corrected chi connectivity index (χ4v) is 3.57. The predicted octanol–water partition coefficient (Wildman–Crippen LogP) is 5.27. The molecular weight excluding hydrogens is 493 g/mol. The molecule has 0 aliphatic heterocycles.